The Balaban J connectivity index is 0.812. The Kier molecular flexibility index (Phi) is 16.2. The van der Waals surface area contributed by atoms with E-state index in [1.54, 1.807) is 12.1 Å². The van der Waals surface area contributed by atoms with Gasteiger partial charge < -0.3 is 63.4 Å². The minimum Gasteiger partial charge on any atom is -0.446 e. The van der Waals surface area contributed by atoms with E-state index < -0.39 is 98.7 Å². The summed E-state index contributed by atoms with van der Waals surface area (Å²) in [5.41, 5.74) is -0.338. The molecule has 4 aliphatic heterocycles. The van der Waals surface area contributed by atoms with Crippen molar-refractivity contribution < 1.29 is 77.8 Å². The third-order valence-electron chi connectivity index (χ3n) is 18.6. The maximum absolute atomic E-state index is 14.8. The Bertz CT molecular complexity index is 2410. The van der Waals surface area contributed by atoms with Crippen LogP contribution in [0, 0.1) is 52.3 Å². The molecule has 8 fully saturated rings. The zero-order valence-corrected chi connectivity index (χ0v) is 45.2. The number of Topliss-reactive ketones (excluding diaryl/α,β-unsaturated/α-hetero) is 1. The summed E-state index contributed by atoms with van der Waals surface area (Å²) >= 11 is 24.9. The van der Waals surface area contributed by atoms with E-state index in [1.807, 2.05) is 0 Å². The van der Waals surface area contributed by atoms with Crippen LogP contribution in [0.25, 0.3) is 0 Å². The van der Waals surface area contributed by atoms with Crippen molar-refractivity contribution in [2.45, 2.75) is 165 Å². The van der Waals surface area contributed by atoms with Crippen molar-refractivity contribution in [1.29, 1.82) is 0 Å². The highest BCUT2D eigenvalue weighted by Crippen LogP contribution is 2.71. The molecular formula is C53H68Cl4N2O16. The molecule has 4 aliphatic carbocycles. The molecule has 1 spiro atoms. The van der Waals surface area contributed by atoms with E-state index in [1.165, 1.54) is 24.3 Å². The van der Waals surface area contributed by atoms with E-state index in [4.69, 9.17) is 84.3 Å². The molecule has 0 aromatic heterocycles. The molecule has 4 heterocycles. The van der Waals surface area contributed by atoms with Crippen LogP contribution < -0.4 is 10.6 Å². The number of hydrogen-bond acceptors (Lipinski definition) is 16. The summed E-state index contributed by atoms with van der Waals surface area (Å²) in [6, 6.07) is 9.16. The number of aliphatic hydroxyl groups is 5. The molecule has 8 aliphatic rings. The maximum atomic E-state index is 14.8. The lowest BCUT2D eigenvalue weighted by Gasteiger charge is -2.60. The van der Waals surface area contributed by atoms with E-state index in [0.717, 1.165) is 32.1 Å². The lowest BCUT2D eigenvalue weighted by molar-refractivity contribution is -0.363. The van der Waals surface area contributed by atoms with Crippen molar-refractivity contribution in [3.8, 4) is 0 Å². The summed E-state index contributed by atoms with van der Waals surface area (Å²) in [5, 5.41) is 61.9. The summed E-state index contributed by atoms with van der Waals surface area (Å²) in [5.74, 6) is 1.31. The number of aliphatic hydroxyl groups excluding tert-OH is 5. The van der Waals surface area contributed by atoms with E-state index in [-0.39, 0.29) is 78.0 Å². The van der Waals surface area contributed by atoms with Gasteiger partial charge in [-0.25, -0.2) is 9.59 Å². The smallest absolute Gasteiger partial charge is 0.411 e. The minimum atomic E-state index is -1.95. The summed E-state index contributed by atoms with van der Waals surface area (Å²) in [7, 11) is 0. The molecule has 10 rings (SSSR count). The first-order valence-electron chi connectivity index (χ1n) is 26.2. The number of hydrogen-bond donors (Lipinski definition) is 7. The number of nitrogens with one attached hydrogen (secondary N) is 2. The fraction of sp³-hybridized carbons (Fsp3) is 0.717. The van der Waals surface area contributed by atoms with E-state index >= 15 is 0 Å². The third kappa shape index (κ3) is 10.3. The van der Waals surface area contributed by atoms with E-state index in [9.17, 15) is 39.9 Å². The predicted molar refractivity (Wildman–Crippen MR) is 272 cm³/mol. The molecule has 0 bridgehead atoms. The zero-order valence-electron chi connectivity index (χ0n) is 42.2. The maximum Gasteiger partial charge on any atom is 0.411 e. The first-order chi connectivity index (χ1) is 35.6. The predicted octanol–water partition coefficient (Wildman–Crippen LogP) is 7.75. The molecule has 2 amide bonds. The summed E-state index contributed by atoms with van der Waals surface area (Å²) in [6.07, 6.45) is -12.7. The van der Waals surface area contributed by atoms with E-state index in [2.05, 4.69) is 38.3 Å². The third-order valence-corrected chi connectivity index (χ3v) is 19.9. The van der Waals surface area contributed by atoms with Gasteiger partial charge in [0.2, 0.25) is 0 Å². The van der Waals surface area contributed by atoms with Crippen LogP contribution >= 0.6 is 46.4 Å². The van der Waals surface area contributed by atoms with Gasteiger partial charge in [0.05, 0.1) is 50.3 Å². The van der Waals surface area contributed by atoms with Gasteiger partial charge in [-0.2, -0.15) is 0 Å². The van der Waals surface area contributed by atoms with E-state index in [0.29, 0.717) is 49.9 Å². The van der Waals surface area contributed by atoms with Gasteiger partial charge in [0, 0.05) is 24.7 Å². The highest BCUT2D eigenvalue weighted by molar-refractivity contribution is 6.40. The Morgan fingerprint density at radius 3 is 1.91 bits per heavy atom. The second kappa shape index (κ2) is 21.8. The molecular weight excluding hydrogens is 1060 g/mol. The van der Waals surface area contributed by atoms with Gasteiger partial charge in [0.15, 0.2) is 18.4 Å². The number of ketones is 1. The van der Waals surface area contributed by atoms with Gasteiger partial charge in [0.1, 0.15) is 67.8 Å². The molecule has 2 unspecified atom stereocenters. The van der Waals surface area contributed by atoms with Crippen molar-refractivity contribution in [3.05, 3.63) is 56.5 Å². The first-order valence-corrected chi connectivity index (χ1v) is 27.8. The van der Waals surface area contributed by atoms with Crippen molar-refractivity contribution in [1.82, 2.24) is 0 Å². The van der Waals surface area contributed by atoms with Crippen molar-refractivity contribution in [2.24, 2.45) is 52.3 Å². The average molecular weight is 1130 g/mol. The van der Waals surface area contributed by atoms with Crippen LogP contribution in [0.5, 0.6) is 0 Å². The number of amides is 2. The van der Waals surface area contributed by atoms with Gasteiger partial charge in [0.25, 0.3) is 0 Å². The molecule has 7 N–H and O–H groups in total. The Morgan fingerprint density at radius 2 is 1.29 bits per heavy atom. The van der Waals surface area contributed by atoms with Gasteiger partial charge in [-0.1, -0.05) is 86.2 Å². The molecule has 4 saturated carbocycles. The van der Waals surface area contributed by atoms with Crippen LogP contribution in [0.15, 0.2) is 36.4 Å². The number of fused-ring (bicyclic) bond motifs is 7. The molecule has 22 heteroatoms. The molecule has 75 heavy (non-hydrogen) atoms. The number of anilines is 2. The van der Waals surface area contributed by atoms with Gasteiger partial charge >= 0.3 is 12.2 Å². The molecule has 2 aromatic rings. The Morgan fingerprint density at radius 1 is 0.707 bits per heavy atom. The normalized spacial score (nSPS) is 44.2. The molecule has 22 atom stereocenters. The number of carbonyl (C=O) groups is 3. The number of carbonyl (C=O) groups excluding carboxylic acids is 3. The van der Waals surface area contributed by atoms with Crippen LogP contribution in [0.2, 0.25) is 20.1 Å². The van der Waals surface area contributed by atoms with Gasteiger partial charge in [-0.15, -0.1) is 0 Å². The summed E-state index contributed by atoms with van der Waals surface area (Å²) < 4.78 is 49.0. The number of benzene rings is 2. The number of ether oxygens (including phenoxy) is 8. The highest BCUT2D eigenvalue weighted by Gasteiger charge is 2.71. The lowest BCUT2D eigenvalue weighted by Crippen LogP contribution is -2.65. The molecule has 2 aromatic carbocycles. The van der Waals surface area contributed by atoms with Gasteiger partial charge in [-0.3, -0.25) is 15.4 Å². The second-order valence-corrected chi connectivity index (χ2v) is 24.6. The number of halogens is 4. The molecule has 18 nitrogen and oxygen atoms in total. The van der Waals surface area contributed by atoms with Crippen LogP contribution in [0.3, 0.4) is 0 Å². The van der Waals surface area contributed by atoms with Crippen molar-refractivity contribution in [3.63, 3.8) is 0 Å². The van der Waals surface area contributed by atoms with Crippen LogP contribution in [-0.4, -0.2) is 143 Å². The standard InChI is InChI=1S/C53H68Cl4N2O16/c1-23-13-16-53(70-20-23)24(2)37-34(75-53)18-28-27-12-11-25-17-26(14-15-51(25,3)38(27)33(60)19-52(28,37)4)71-47-45(65)43(63)46(36(73-47)22-69-50(67)59-40-31(56)9-6-10-32(40)57)74-48-44(64)42(62)41(61)35(72-48)21-68-49(66)58-39-29(54)7-5-8-30(39)55/h5-10,23-28,34-38,41-48,61-65H,11-22H2,1-4H3,(H,58,66)(H,59,67)/t23-,24+,25+,26+,27+,28+,34?,35-,36-,37?,38-,41-,42+,43-,44-,45-,46-,47-,48+,51+,52+,53-/m1/s1. The number of rotatable bonds is 10. The molecule has 4 saturated heterocycles. The summed E-state index contributed by atoms with van der Waals surface area (Å²) in [4.78, 5) is 40.8. The number of para-hydroxylation sites is 2. The molecule has 0 radical (unpaired) electrons. The van der Waals surface area contributed by atoms with Gasteiger partial charge in [-0.05, 0) is 110 Å². The Labute approximate surface area is 455 Å². The summed E-state index contributed by atoms with van der Waals surface area (Å²) in [6.45, 7) is 8.47. The average Bonchev–Trinajstić information content (AvgIpc) is 3.89. The largest absolute Gasteiger partial charge is 0.446 e. The van der Waals surface area contributed by atoms with Crippen LogP contribution in [-0.2, 0) is 42.7 Å². The SMILES string of the molecule is C[C@@H]1CC[C@@]2(OC1)OC1C[C@H]3[C@@H]4CC[C@H]5C[C@@H](O[C@@H]6O[C@H](COC(=O)Nc7c(Cl)cccc7Cl)[C@@H](O[C@@H]7O[C@H](COC(=O)Nc8c(Cl)cccc8Cl)[C@@H](O)[C@H](O)[C@H]7O)[C@H](O)[C@H]6O)CC[C@]5(C)[C@H]4C(=O)C[C@]3(C)C1[C@@H]2C. The molecule has 414 valence electrons. The Hall–Kier alpha value is -2.63. The topological polar surface area (TPSA) is 250 Å². The monoisotopic (exact) mass is 1130 g/mol. The quantitative estimate of drug-likeness (QED) is 0.112. The second-order valence-electron chi connectivity index (χ2n) is 23.0. The lowest BCUT2D eigenvalue weighted by atomic mass is 9.44. The minimum absolute atomic E-state index is 0.0591. The van der Waals surface area contributed by atoms with Crippen molar-refractivity contribution >= 4 is 75.7 Å². The zero-order chi connectivity index (χ0) is 53.5. The highest BCUT2D eigenvalue weighted by atomic mass is 35.5. The first kappa shape index (κ1) is 55.7. The fourth-order valence-electron chi connectivity index (χ4n) is 14.8. The fourth-order valence-corrected chi connectivity index (χ4v) is 15.8. The van der Waals surface area contributed by atoms with Crippen molar-refractivity contribution in [2.75, 3.05) is 30.5 Å². The van der Waals surface area contributed by atoms with Crippen LogP contribution in [0.4, 0.5) is 21.0 Å². The van der Waals surface area contributed by atoms with Crippen LogP contribution in [0.1, 0.15) is 85.5 Å².